The first-order valence-electron chi connectivity index (χ1n) is 8.21. The SMILES string of the molecule is CC(C)NS(=O)(=O)N1CCCC(c2nc3c(s2)CCCC3)C1. The van der Waals surface area contributed by atoms with Gasteiger partial charge in [-0.25, -0.2) is 4.98 Å². The van der Waals surface area contributed by atoms with E-state index in [1.54, 1.807) is 4.31 Å². The van der Waals surface area contributed by atoms with E-state index in [4.69, 9.17) is 4.98 Å². The number of hydrogen-bond donors (Lipinski definition) is 1. The second-order valence-corrected chi connectivity index (χ2v) is 9.42. The van der Waals surface area contributed by atoms with Crippen LogP contribution in [0.1, 0.15) is 61.0 Å². The number of rotatable bonds is 4. The van der Waals surface area contributed by atoms with Gasteiger partial charge in [0.2, 0.25) is 0 Å². The van der Waals surface area contributed by atoms with Gasteiger partial charge >= 0.3 is 0 Å². The lowest BCUT2D eigenvalue weighted by molar-refractivity contribution is 0.310. The van der Waals surface area contributed by atoms with Crippen LogP contribution in [0, 0.1) is 0 Å². The third-order valence-corrected chi connectivity index (χ3v) is 7.42. The predicted molar refractivity (Wildman–Crippen MR) is 89.5 cm³/mol. The van der Waals surface area contributed by atoms with E-state index < -0.39 is 10.2 Å². The van der Waals surface area contributed by atoms with Crippen molar-refractivity contribution in [3.63, 3.8) is 0 Å². The molecule has 0 saturated carbocycles. The van der Waals surface area contributed by atoms with Gasteiger partial charge in [0.15, 0.2) is 0 Å². The third kappa shape index (κ3) is 3.53. The van der Waals surface area contributed by atoms with E-state index in [9.17, 15) is 8.42 Å². The van der Waals surface area contributed by atoms with Crippen molar-refractivity contribution in [1.82, 2.24) is 14.0 Å². The van der Waals surface area contributed by atoms with Crippen molar-refractivity contribution in [2.24, 2.45) is 0 Å². The average molecular weight is 344 g/mol. The lowest BCUT2D eigenvalue weighted by Crippen LogP contribution is -2.47. The van der Waals surface area contributed by atoms with Gasteiger partial charge in [-0.05, 0) is 52.4 Å². The maximum atomic E-state index is 12.4. The van der Waals surface area contributed by atoms with E-state index in [2.05, 4.69) is 4.72 Å². The topological polar surface area (TPSA) is 62.3 Å². The molecule has 22 heavy (non-hydrogen) atoms. The van der Waals surface area contributed by atoms with Crippen molar-refractivity contribution < 1.29 is 8.42 Å². The molecule has 0 bridgehead atoms. The van der Waals surface area contributed by atoms with Crippen molar-refractivity contribution in [2.45, 2.75) is 64.3 Å². The van der Waals surface area contributed by atoms with E-state index in [0.29, 0.717) is 13.1 Å². The van der Waals surface area contributed by atoms with Crippen molar-refractivity contribution >= 4 is 21.5 Å². The van der Waals surface area contributed by atoms with Crippen LogP contribution in [0.15, 0.2) is 0 Å². The van der Waals surface area contributed by atoms with E-state index in [-0.39, 0.29) is 12.0 Å². The molecule has 0 spiro atoms. The lowest BCUT2D eigenvalue weighted by Gasteiger charge is -2.31. The fourth-order valence-electron chi connectivity index (χ4n) is 3.28. The summed E-state index contributed by atoms with van der Waals surface area (Å²) in [5, 5.41) is 1.15. The van der Waals surface area contributed by atoms with Crippen molar-refractivity contribution in [3.05, 3.63) is 15.6 Å². The molecule has 1 aliphatic carbocycles. The summed E-state index contributed by atoms with van der Waals surface area (Å²) in [7, 11) is -3.37. The Kier molecular flexibility index (Phi) is 4.87. The molecule has 1 aromatic heterocycles. The van der Waals surface area contributed by atoms with Gasteiger partial charge in [0.05, 0.1) is 10.7 Å². The number of nitrogens with one attached hydrogen (secondary N) is 1. The summed E-state index contributed by atoms with van der Waals surface area (Å²) >= 11 is 1.82. The third-order valence-electron chi connectivity index (χ3n) is 4.32. The molecule has 1 N–H and O–H groups in total. The van der Waals surface area contributed by atoms with E-state index in [0.717, 1.165) is 30.7 Å². The minimum absolute atomic E-state index is 0.0717. The molecule has 1 saturated heterocycles. The second kappa shape index (κ2) is 6.55. The molecule has 1 unspecified atom stereocenters. The second-order valence-electron chi connectivity index (χ2n) is 6.60. The molecule has 1 aromatic rings. The van der Waals surface area contributed by atoms with Crippen molar-refractivity contribution in [2.75, 3.05) is 13.1 Å². The molecule has 1 atom stereocenters. The standard InChI is InChI=1S/C15H25N3O2S2/c1-11(2)17-22(19,20)18-9-5-6-12(10-18)15-16-13-7-3-4-8-14(13)21-15/h11-12,17H,3-10H2,1-2H3. The first-order chi connectivity index (χ1) is 10.5. The van der Waals surface area contributed by atoms with Crippen molar-refractivity contribution in [3.8, 4) is 0 Å². The number of piperidine rings is 1. The van der Waals surface area contributed by atoms with Gasteiger partial charge < -0.3 is 0 Å². The first kappa shape index (κ1) is 16.4. The number of aryl methyl sites for hydroxylation is 2. The normalized spacial score (nSPS) is 23.7. The number of thiazole rings is 1. The van der Waals surface area contributed by atoms with Gasteiger partial charge in [-0.15, -0.1) is 11.3 Å². The van der Waals surface area contributed by atoms with Crippen LogP contribution in [0.2, 0.25) is 0 Å². The average Bonchev–Trinajstić information content (AvgIpc) is 2.90. The summed E-state index contributed by atoms with van der Waals surface area (Å²) in [5.41, 5.74) is 1.27. The van der Waals surface area contributed by atoms with Gasteiger partial charge in [-0.3, -0.25) is 0 Å². The zero-order valence-corrected chi connectivity index (χ0v) is 15.0. The first-order valence-corrected chi connectivity index (χ1v) is 10.5. The van der Waals surface area contributed by atoms with Crippen LogP contribution >= 0.6 is 11.3 Å². The summed E-state index contributed by atoms with van der Waals surface area (Å²) in [4.78, 5) is 6.26. The molecule has 0 aromatic carbocycles. The number of nitrogens with zero attached hydrogens (tertiary/aromatic N) is 2. The number of aromatic nitrogens is 1. The van der Waals surface area contributed by atoms with Gasteiger partial charge in [0.25, 0.3) is 10.2 Å². The van der Waals surface area contributed by atoms with E-state index in [1.165, 1.54) is 23.4 Å². The van der Waals surface area contributed by atoms with Crippen LogP contribution in [0.25, 0.3) is 0 Å². The number of hydrogen-bond acceptors (Lipinski definition) is 4. The predicted octanol–water partition coefficient (Wildman–Crippen LogP) is 2.44. The molecular weight excluding hydrogens is 318 g/mol. The fourth-order valence-corrected chi connectivity index (χ4v) is 6.05. The highest BCUT2D eigenvalue weighted by atomic mass is 32.2. The molecule has 1 aliphatic heterocycles. The lowest BCUT2D eigenvalue weighted by atomic mass is 10.00. The Hall–Kier alpha value is -0.500. The maximum absolute atomic E-state index is 12.4. The monoisotopic (exact) mass is 343 g/mol. The van der Waals surface area contributed by atoms with Gasteiger partial charge in [-0.2, -0.15) is 17.4 Å². The molecule has 1 fully saturated rings. The molecule has 2 aliphatic rings. The van der Waals surface area contributed by atoms with Crippen LogP contribution < -0.4 is 4.72 Å². The minimum Gasteiger partial charge on any atom is -0.246 e. The molecule has 3 rings (SSSR count). The largest absolute Gasteiger partial charge is 0.279 e. The fraction of sp³-hybridized carbons (Fsp3) is 0.800. The molecule has 2 heterocycles. The summed E-state index contributed by atoms with van der Waals surface area (Å²) < 4.78 is 29.0. The molecule has 0 amide bonds. The van der Waals surface area contributed by atoms with Gasteiger partial charge in [-0.1, -0.05) is 0 Å². The molecule has 0 radical (unpaired) electrons. The zero-order chi connectivity index (χ0) is 15.7. The Morgan fingerprint density at radius 2 is 2.05 bits per heavy atom. The summed E-state index contributed by atoms with van der Waals surface area (Å²) in [6, 6.07) is -0.0717. The van der Waals surface area contributed by atoms with Crippen LogP contribution in [-0.4, -0.2) is 36.8 Å². The highest BCUT2D eigenvalue weighted by Gasteiger charge is 2.32. The summed E-state index contributed by atoms with van der Waals surface area (Å²) in [6.07, 6.45) is 6.69. The quantitative estimate of drug-likeness (QED) is 0.913. The maximum Gasteiger partial charge on any atom is 0.279 e. The Bertz CT molecular complexity index is 601. The highest BCUT2D eigenvalue weighted by molar-refractivity contribution is 7.87. The smallest absolute Gasteiger partial charge is 0.246 e. The Morgan fingerprint density at radius 1 is 1.27 bits per heavy atom. The summed E-state index contributed by atoms with van der Waals surface area (Å²) in [5.74, 6) is 0.257. The molecule has 124 valence electrons. The molecule has 5 nitrogen and oxygen atoms in total. The zero-order valence-electron chi connectivity index (χ0n) is 13.3. The van der Waals surface area contributed by atoms with Crippen LogP contribution in [0.4, 0.5) is 0 Å². The van der Waals surface area contributed by atoms with Crippen LogP contribution in [0.5, 0.6) is 0 Å². The Balaban J connectivity index is 1.74. The van der Waals surface area contributed by atoms with Crippen molar-refractivity contribution in [1.29, 1.82) is 0 Å². The van der Waals surface area contributed by atoms with Crippen LogP contribution in [0.3, 0.4) is 0 Å². The Morgan fingerprint density at radius 3 is 2.77 bits per heavy atom. The van der Waals surface area contributed by atoms with Gasteiger partial charge in [0.1, 0.15) is 0 Å². The minimum atomic E-state index is -3.37. The van der Waals surface area contributed by atoms with E-state index >= 15 is 0 Å². The number of fused-ring (bicyclic) bond motifs is 1. The Labute approximate surface area is 137 Å². The van der Waals surface area contributed by atoms with Crippen LogP contribution in [-0.2, 0) is 23.1 Å². The highest BCUT2D eigenvalue weighted by Crippen LogP contribution is 2.35. The molecule has 7 heteroatoms. The molecular formula is C15H25N3O2S2. The van der Waals surface area contributed by atoms with E-state index in [1.807, 2.05) is 25.2 Å². The van der Waals surface area contributed by atoms with Gasteiger partial charge in [0, 0.05) is 29.9 Å². The summed E-state index contributed by atoms with van der Waals surface area (Å²) in [6.45, 7) is 4.89.